The molecule has 1 saturated heterocycles. The maximum Gasteiger partial charge on any atom is 0.229 e. The normalized spacial score (nSPS) is 15.5. The number of rotatable bonds is 5. The van der Waals surface area contributed by atoms with Gasteiger partial charge in [-0.15, -0.1) is 24.8 Å². The summed E-state index contributed by atoms with van der Waals surface area (Å²) in [6, 6.07) is 10.2. The van der Waals surface area contributed by atoms with E-state index in [-0.39, 0.29) is 30.9 Å². The third kappa shape index (κ3) is 5.70. The van der Waals surface area contributed by atoms with Gasteiger partial charge in [0.05, 0.1) is 11.6 Å². The maximum absolute atomic E-state index is 9.21. The van der Waals surface area contributed by atoms with E-state index in [1.807, 2.05) is 25.1 Å². The van der Waals surface area contributed by atoms with Crippen LogP contribution in [0.15, 0.2) is 24.3 Å². The monoisotopic (exact) mass is 408 g/mol. The summed E-state index contributed by atoms with van der Waals surface area (Å²) in [4.78, 5) is 11.5. The summed E-state index contributed by atoms with van der Waals surface area (Å²) in [5.41, 5.74) is 9.48. The van der Waals surface area contributed by atoms with Crippen molar-refractivity contribution in [3.8, 4) is 6.07 Å². The molecule has 1 aliphatic rings. The molecule has 0 spiro atoms. The maximum atomic E-state index is 9.21. The first-order valence-electron chi connectivity index (χ1n) is 8.75. The zero-order valence-electron chi connectivity index (χ0n) is 15.6. The van der Waals surface area contributed by atoms with Crippen molar-refractivity contribution < 1.29 is 0 Å². The van der Waals surface area contributed by atoms with Crippen molar-refractivity contribution in [1.29, 1.82) is 5.26 Å². The Morgan fingerprint density at radius 3 is 2.70 bits per heavy atom. The van der Waals surface area contributed by atoms with Crippen molar-refractivity contribution in [2.45, 2.75) is 39.2 Å². The number of hydrogen-bond acceptors (Lipinski definition) is 6. The molecule has 1 aromatic heterocycles. The predicted molar refractivity (Wildman–Crippen MR) is 115 cm³/mol. The van der Waals surface area contributed by atoms with Crippen LogP contribution in [0.25, 0.3) is 0 Å². The van der Waals surface area contributed by atoms with Crippen molar-refractivity contribution in [3.63, 3.8) is 0 Å². The number of aryl methyl sites for hydroxylation is 2. The molecule has 8 heteroatoms. The van der Waals surface area contributed by atoms with Gasteiger partial charge in [0.1, 0.15) is 5.82 Å². The summed E-state index contributed by atoms with van der Waals surface area (Å²) in [6.45, 7) is 5.81. The Balaban J connectivity index is 0.00000182. The van der Waals surface area contributed by atoms with Crippen LogP contribution in [-0.2, 0) is 6.42 Å². The zero-order chi connectivity index (χ0) is 17.8. The first-order chi connectivity index (χ1) is 12.1. The Hall–Kier alpha value is -2.07. The average Bonchev–Trinajstić information content (AvgIpc) is 3.03. The Labute approximate surface area is 173 Å². The highest BCUT2D eigenvalue weighted by Crippen LogP contribution is 2.23. The van der Waals surface area contributed by atoms with E-state index < -0.39 is 0 Å². The van der Waals surface area contributed by atoms with Gasteiger partial charge in [0.25, 0.3) is 0 Å². The fraction of sp³-hybridized carbons (Fsp3) is 0.421. The van der Waals surface area contributed by atoms with Gasteiger partial charge in [-0.2, -0.15) is 10.2 Å². The second-order valence-electron chi connectivity index (χ2n) is 6.55. The summed E-state index contributed by atoms with van der Waals surface area (Å²) < 4.78 is 0. The summed E-state index contributed by atoms with van der Waals surface area (Å²) in [5.74, 6) is 1.48. The molecule has 0 radical (unpaired) electrons. The fourth-order valence-electron chi connectivity index (χ4n) is 3.03. The number of hydrogen-bond donors (Lipinski definition) is 2. The van der Waals surface area contributed by atoms with Gasteiger partial charge in [0.15, 0.2) is 0 Å². The van der Waals surface area contributed by atoms with Crippen molar-refractivity contribution in [3.05, 3.63) is 41.1 Å². The summed E-state index contributed by atoms with van der Waals surface area (Å²) in [5, 5.41) is 12.5. The number of anilines is 3. The Morgan fingerprint density at radius 1 is 1.30 bits per heavy atom. The molecule has 146 valence electrons. The SMILES string of the molecule is CCCc1cc(N2CC[C@H](N)C2)nc(Nc2ccc(C)c(C#N)c2)n1.Cl.Cl. The van der Waals surface area contributed by atoms with E-state index in [0.29, 0.717) is 11.5 Å². The number of halogens is 2. The summed E-state index contributed by atoms with van der Waals surface area (Å²) >= 11 is 0. The van der Waals surface area contributed by atoms with Gasteiger partial charge in [-0.1, -0.05) is 19.4 Å². The molecule has 27 heavy (non-hydrogen) atoms. The minimum Gasteiger partial charge on any atom is -0.355 e. The van der Waals surface area contributed by atoms with Gasteiger partial charge in [-0.25, -0.2) is 4.98 Å². The number of benzene rings is 1. The van der Waals surface area contributed by atoms with Gasteiger partial charge < -0.3 is 16.0 Å². The van der Waals surface area contributed by atoms with Gasteiger partial charge in [0, 0.05) is 36.6 Å². The zero-order valence-corrected chi connectivity index (χ0v) is 17.2. The quantitative estimate of drug-likeness (QED) is 0.782. The standard InChI is InChI=1S/C19H24N6.2ClH/c1-3-4-16-10-18(25-8-7-15(21)12-25)24-19(22-16)23-17-6-5-13(2)14(9-17)11-20;;/h5-6,9-10,15H,3-4,7-8,12,21H2,1-2H3,(H,22,23,24);2*1H/t15-;;/m0../s1. The largest absolute Gasteiger partial charge is 0.355 e. The summed E-state index contributed by atoms with van der Waals surface area (Å²) in [7, 11) is 0. The third-order valence-electron chi connectivity index (χ3n) is 4.43. The second kappa shape index (κ2) is 10.3. The minimum atomic E-state index is 0. The van der Waals surface area contributed by atoms with Crippen LogP contribution in [0.2, 0.25) is 0 Å². The van der Waals surface area contributed by atoms with Crippen molar-refractivity contribution >= 4 is 42.3 Å². The molecule has 1 atom stereocenters. The Bertz CT molecular complexity index is 805. The Kier molecular flexibility index (Phi) is 8.77. The van der Waals surface area contributed by atoms with Crippen LogP contribution < -0.4 is 16.0 Å². The van der Waals surface area contributed by atoms with Crippen LogP contribution >= 0.6 is 24.8 Å². The number of nitrogens with zero attached hydrogens (tertiary/aromatic N) is 4. The van der Waals surface area contributed by atoms with Crippen LogP contribution in [0.1, 0.15) is 36.6 Å². The van der Waals surface area contributed by atoms with E-state index in [1.54, 1.807) is 0 Å². The molecule has 3 N–H and O–H groups in total. The van der Waals surface area contributed by atoms with E-state index in [4.69, 9.17) is 5.73 Å². The highest BCUT2D eigenvalue weighted by Gasteiger charge is 2.21. The van der Waals surface area contributed by atoms with Crippen LogP contribution in [0.4, 0.5) is 17.5 Å². The lowest BCUT2D eigenvalue weighted by atomic mass is 10.1. The number of aromatic nitrogens is 2. The minimum absolute atomic E-state index is 0. The molecule has 1 aliphatic heterocycles. The summed E-state index contributed by atoms with van der Waals surface area (Å²) in [6.07, 6.45) is 2.92. The smallest absolute Gasteiger partial charge is 0.229 e. The first-order valence-corrected chi connectivity index (χ1v) is 8.75. The predicted octanol–water partition coefficient (Wildman–Crippen LogP) is 3.73. The van der Waals surface area contributed by atoms with Crippen LogP contribution in [-0.4, -0.2) is 29.1 Å². The van der Waals surface area contributed by atoms with E-state index in [9.17, 15) is 5.26 Å². The molecule has 2 aromatic rings. The molecule has 2 heterocycles. The molecule has 0 amide bonds. The van der Waals surface area contributed by atoms with Crippen LogP contribution in [0, 0.1) is 18.3 Å². The van der Waals surface area contributed by atoms with Gasteiger partial charge >= 0.3 is 0 Å². The number of nitrogens with one attached hydrogen (secondary N) is 1. The average molecular weight is 409 g/mol. The van der Waals surface area contributed by atoms with E-state index in [0.717, 1.165) is 55.1 Å². The molecular weight excluding hydrogens is 383 g/mol. The van der Waals surface area contributed by atoms with Gasteiger partial charge in [-0.3, -0.25) is 0 Å². The van der Waals surface area contributed by atoms with Crippen LogP contribution in [0.3, 0.4) is 0 Å². The molecule has 0 aliphatic carbocycles. The highest BCUT2D eigenvalue weighted by molar-refractivity contribution is 5.85. The van der Waals surface area contributed by atoms with Gasteiger partial charge in [-0.05, 0) is 37.5 Å². The molecule has 3 rings (SSSR count). The van der Waals surface area contributed by atoms with Gasteiger partial charge in [0.2, 0.25) is 5.95 Å². The van der Waals surface area contributed by atoms with Crippen molar-refractivity contribution in [2.75, 3.05) is 23.3 Å². The molecule has 0 unspecified atom stereocenters. The highest BCUT2D eigenvalue weighted by atomic mass is 35.5. The number of nitrogens with two attached hydrogens (primary N) is 1. The topological polar surface area (TPSA) is 90.9 Å². The first kappa shape index (κ1) is 23.0. The molecule has 0 saturated carbocycles. The lowest BCUT2D eigenvalue weighted by molar-refractivity contribution is 0.751. The number of nitriles is 1. The van der Waals surface area contributed by atoms with Crippen molar-refractivity contribution in [1.82, 2.24) is 9.97 Å². The molecule has 6 nitrogen and oxygen atoms in total. The van der Waals surface area contributed by atoms with E-state index in [1.165, 1.54) is 0 Å². The lowest BCUT2D eigenvalue weighted by Gasteiger charge is -2.19. The van der Waals surface area contributed by atoms with E-state index >= 15 is 0 Å². The molecule has 0 bridgehead atoms. The fourth-order valence-corrected chi connectivity index (χ4v) is 3.03. The lowest BCUT2D eigenvalue weighted by Crippen LogP contribution is -2.27. The van der Waals surface area contributed by atoms with Crippen molar-refractivity contribution in [2.24, 2.45) is 5.73 Å². The molecule has 1 aromatic carbocycles. The third-order valence-corrected chi connectivity index (χ3v) is 4.43. The van der Waals surface area contributed by atoms with E-state index in [2.05, 4.69) is 39.2 Å². The molecule has 1 fully saturated rings. The molecular formula is C19H26Cl2N6. The Morgan fingerprint density at radius 2 is 2.07 bits per heavy atom. The van der Waals surface area contributed by atoms with Crippen LogP contribution in [0.5, 0.6) is 0 Å². The second-order valence-corrected chi connectivity index (χ2v) is 6.55.